The van der Waals surface area contributed by atoms with Crippen molar-refractivity contribution in [1.82, 2.24) is 9.97 Å². The Morgan fingerprint density at radius 3 is 2.52 bits per heavy atom. The van der Waals surface area contributed by atoms with E-state index in [9.17, 15) is 5.11 Å². The van der Waals surface area contributed by atoms with Crippen LogP contribution >= 0.6 is 0 Å². The Bertz CT molecular complexity index is 572. The number of aryl methyl sites for hydroxylation is 2. The second-order valence-electron chi connectivity index (χ2n) is 5.17. The molecule has 2 aromatic rings. The van der Waals surface area contributed by atoms with Crippen LogP contribution in [-0.4, -0.2) is 28.7 Å². The van der Waals surface area contributed by atoms with Gasteiger partial charge in [-0.15, -0.1) is 0 Å². The zero-order valence-electron chi connectivity index (χ0n) is 13.0. The number of hydrogen-bond donors (Lipinski definition) is 1. The monoisotopic (exact) mass is 285 g/mol. The molecule has 0 bridgehead atoms. The van der Waals surface area contributed by atoms with Crippen LogP contribution < -0.4 is 4.90 Å². The zero-order chi connectivity index (χ0) is 15.2. The fourth-order valence-corrected chi connectivity index (χ4v) is 2.52. The summed E-state index contributed by atoms with van der Waals surface area (Å²) in [6, 6.07) is 12.4. The van der Waals surface area contributed by atoms with Crippen LogP contribution in [0.4, 0.5) is 5.82 Å². The summed E-state index contributed by atoms with van der Waals surface area (Å²) in [5.74, 6) is 1.69. The highest BCUT2D eigenvalue weighted by atomic mass is 16.3. The molecule has 112 valence electrons. The van der Waals surface area contributed by atoms with Gasteiger partial charge < -0.3 is 10.0 Å². The maximum atomic E-state index is 9.39. The molecule has 0 fully saturated rings. The third-order valence-corrected chi connectivity index (χ3v) is 3.66. The summed E-state index contributed by atoms with van der Waals surface area (Å²) in [6.45, 7) is 4.16. The first-order valence-corrected chi connectivity index (χ1v) is 7.39. The van der Waals surface area contributed by atoms with E-state index in [1.807, 2.05) is 38.2 Å². The van der Waals surface area contributed by atoms with Gasteiger partial charge in [-0.1, -0.05) is 37.3 Å². The molecule has 21 heavy (non-hydrogen) atoms. The van der Waals surface area contributed by atoms with Crippen LogP contribution in [0, 0.1) is 6.92 Å². The highest BCUT2D eigenvalue weighted by Crippen LogP contribution is 2.27. The average Bonchev–Trinajstić information content (AvgIpc) is 2.52. The number of benzene rings is 1. The molecule has 1 N–H and O–H groups in total. The molecule has 2 rings (SSSR count). The molecule has 1 atom stereocenters. The number of anilines is 1. The number of hydrogen-bond acceptors (Lipinski definition) is 4. The minimum Gasteiger partial charge on any atom is -0.396 e. The second-order valence-corrected chi connectivity index (χ2v) is 5.17. The fraction of sp³-hybridized carbons (Fsp3) is 0.412. The summed E-state index contributed by atoms with van der Waals surface area (Å²) in [7, 11) is 2.02. The smallest absolute Gasteiger partial charge is 0.132 e. The Kier molecular flexibility index (Phi) is 5.28. The van der Waals surface area contributed by atoms with Crippen LogP contribution in [0.25, 0.3) is 0 Å². The summed E-state index contributed by atoms with van der Waals surface area (Å²) in [4.78, 5) is 11.1. The lowest BCUT2D eigenvalue weighted by Crippen LogP contribution is -2.26. The molecule has 0 aliphatic rings. The Morgan fingerprint density at radius 2 is 1.90 bits per heavy atom. The summed E-state index contributed by atoms with van der Waals surface area (Å²) in [5, 5.41) is 9.39. The normalized spacial score (nSPS) is 12.2. The van der Waals surface area contributed by atoms with E-state index in [0.29, 0.717) is 6.42 Å². The molecule has 4 heteroatoms. The van der Waals surface area contributed by atoms with Gasteiger partial charge in [0.05, 0.1) is 6.04 Å². The van der Waals surface area contributed by atoms with E-state index >= 15 is 0 Å². The molecule has 0 saturated carbocycles. The lowest BCUT2D eigenvalue weighted by atomic mass is 10.0. The third kappa shape index (κ3) is 3.79. The molecule has 1 aromatic heterocycles. The van der Waals surface area contributed by atoms with Gasteiger partial charge in [0.15, 0.2) is 0 Å². The Morgan fingerprint density at radius 1 is 1.19 bits per heavy atom. The lowest BCUT2D eigenvalue weighted by Gasteiger charge is -2.29. The van der Waals surface area contributed by atoms with Gasteiger partial charge in [0.25, 0.3) is 0 Å². The largest absolute Gasteiger partial charge is 0.396 e. The van der Waals surface area contributed by atoms with Crippen LogP contribution in [0.15, 0.2) is 36.4 Å². The molecule has 0 amide bonds. The minimum atomic E-state index is 0.107. The van der Waals surface area contributed by atoms with Crippen molar-refractivity contribution in [3.05, 3.63) is 53.5 Å². The first-order chi connectivity index (χ1) is 10.2. The maximum Gasteiger partial charge on any atom is 0.132 e. The minimum absolute atomic E-state index is 0.107. The van der Waals surface area contributed by atoms with Gasteiger partial charge >= 0.3 is 0 Å². The summed E-state index contributed by atoms with van der Waals surface area (Å²) < 4.78 is 0. The SMILES string of the molecule is CCc1cc(N(C)C(CCO)c2ccccc2)nc(C)n1. The zero-order valence-corrected chi connectivity index (χ0v) is 13.0. The van der Waals surface area contributed by atoms with E-state index in [1.54, 1.807) is 0 Å². The molecular weight excluding hydrogens is 262 g/mol. The summed E-state index contributed by atoms with van der Waals surface area (Å²) in [6.07, 6.45) is 1.56. The number of aliphatic hydroxyl groups is 1. The van der Waals surface area contributed by atoms with E-state index < -0.39 is 0 Å². The van der Waals surface area contributed by atoms with Crippen molar-refractivity contribution < 1.29 is 5.11 Å². The van der Waals surface area contributed by atoms with E-state index in [0.717, 1.165) is 23.8 Å². The predicted molar refractivity (Wildman–Crippen MR) is 85.4 cm³/mol. The van der Waals surface area contributed by atoms with Crippen molar-refractivity contribution in [2.24, 2.45) is 0 Å². The number of aromatic nitrogens is 2. The molecule has 0 aliphatic carbocycles. The van der Waals surface area contributed by atoms with Crippen LogP contribution in [0.1, 0.15) is 36.5 Å². The maximum absolute atomic E-state index is 9.39. The van der Waals surface area contributed by atoms with Crippen LogP contribution in [0.2, 0.25) is 0 Å². The molecule has 1 heterocycles. The van der Waals surface area contributed by atoms with Crippen molar-refractivity contribution >= 4 is 5.82 Å². The number of nitrogens with zero attached hydrogens (tertiary/aromatic N) is 3. The number of rotatable bonds is 6. The molecule has 1 aromatic carbocycles. The molecule has 0 saturated heterocycles. The van der Waals surface area contributed by atoms with Gasteiger partial charge in [-0.2, -0.15) is 0 Å². The molecule has 1 unspecified atom stereocenters. The Labute approximate surface area is 126 Å². The average molecular weight is 285 g/mol. The standard InChI is InChI=1S/C17H23N3O/c1-4-15-12-17(19-13(2)18-15)20(3)16(10-11-21)14-8-6-5-7-9-14/h5-9,12,16,21H,4,10-11H2,1-3H3. The van der Waals surface area contributed by atoms with Crippen molar-refractivity contribution in [3.8, 4) is 0 Å². The second kappa shape index (κ2) is 7.18. The van der Waals surface area contributed by atoms with Gasteiger partial charge in [-0.3, -0.25) is 0 Å². The predicted octanol–water partition coefficient (Wildman–Crippen LogP) is 2.91. The summed E-state index contributed by atoms with van der Waals surface area (Å²) in [5.41, 5.74) is 2.23. The Balaban J connectivity index is 2.34. The van der Waals surface area contributed by atoms with Gasteiger partial charge in [-0.05, 0) is 25.3 Å². The van der Waals surface area contributed by atoms with Gasteiger partial charge in [0.2, 0.25) is 0 Å². The van der Waals surface area contributed by atoms with E-state index in [4.69, 9.17) is 0 Å². The van der Waals surface area contributed by atoms with Crippen LogP contribution in [0.3, 0.4) is 0 Å². The molecule has 0 radical (unpaired) electrons. The molecule has 0 aliphatic heterocycles. The first-order valence-electron chi connectivity index (χ1n) is 7.39. The lowest BCUT2D eigenvalue weighted by molar-refractivity contribution is 0.274. The van der Waals surface area contributed by atoms with Gasteiger partial charge in [-0.25, -0.2) is 9.97 Å². The molecule has 4 nitrogen and oxygen atoms in total. The third-order valence-electron chi connectivity index (χ3n) is 3.66. The number of aliphatic hydroxyl groups excluding tert-OH is 1. The van der Waals surface area contributed by atoms with Crippen LogP contribution in [-0.2, 0) is 6.42 Å². The quantitative estimate of drug-likeness (QED) is 0.886. The summed E-state index contributed by atoms with van der Waals surface area (Å²) >= 11 is 0. The van der Waals surface area contributed by atoms with Gasteiger partial charge in [0.1, 0.15) is 11.6 Å². The van der Waals surface area contributed by atoms with Gasteiger partial charge in [0, 0.05) is 25.4 Å². The van der Waals surface area contributed by atoms with Crippen molar-refractivity contribution in [2.45, 2.75) is 32.7 Å². The highest BCUT2D eigenvalue weighted by Gasteiger charge is 2.18. The van der Waals surface area contributed by atoms with E-state index in [-0.39, 0.29) is 12.6 Å². The molecule has 0 spiro atoms. The first kappa shape index (κ1) is 15.4. The van der Waals surface area contributed by atoms with Crippen LogP contribution in [0.5, 0.6) is 0 Å². The van der Waals surface area contributed by atoms with Crippen molar-refractivity contribution in [3.63, 3.8) is 0 Å². The fourth-order valence-electron chi connectivity index (χ4n) is 2.52. The Hall–Kier alpha value is -1.94. The van der Waals surface area contributed by atoms with Crippen molar-refractivity contribution in [1.29, 1.82) is 0 Å². The molecular formula is C17H23N3O. The highest BCUT2D eigenvalue weighted by molar-refractivity contribution is 5.42. The topological polar surface area (TPSA) is 49.2 Å². The van der Waals surface area contributed by atoms with Crippen molar-refractivity contribution in [2.75, 3.05) is 18.6 Å². The van der Waals surface area contributed by atoms with E-state index in [2.05, 4.69) is 33.9 Å². The van der Waals surface area contributed by atoms with E-state index in [1.165, 1.54) is 5.56 Å².